The lowest BCUT2D eigenvalue weighted by Crippen LogP contribution is -2.45. The predicted molar refractivity (Wildman–Crippen MR) is 168 cm³/mol. The Kier molecular flexibility index (Phi) is 7.90. The Balaban J connectivity index is 0.902. The Morgan fingerprint density at radius 2 is 1.64 bits per heavy atom. The number of esters is 2. The Labute approximate surface area is 259 Å². The molecule has 0 amide bonds. The number of carbonyl (C=O) groups is 2. The lowest BCUT2D eigenvalue weighted by Gasteiger charge is -2.56. The van der Waals surface area contributed by atoms with Crippen LogP contribution < -0.4 is 0 Å². The molecule has 1 N–H and O–H groups in total. The van der Waals surface area contributed by atoms with E-state index in [2.05, 4.69) is 49.4 Å². The molecule has 1 aliphatic heterocycles. The maximum Gasteiger partial charge on any atom is 0.334 e. The summed E-state index contributed by atoms with van der Waals surface area (Å²) in [7, 11) is 0. The van der Waals surface area contributed by atoms with Gasteiger partial charge in [-0.15, -0.1) is 0 Å². The Morgan fingerprint density at radius 1 is 0.955 bits per heavy atom. The molecule has 4 saturated carbocycles. The highest BCUT2D eigenvalue weighted by Gasteiger charge is 2.51. The van der Waals surface area contributed by atoms with Crippen LogP contribution in [0.1, 0.15) is 80.2 Å². The van der Waals surface area contributed by atoms with Crippen LogP contribution in [0.25, 0.3) is 11.0 Å². The molecule has 0 unspecified atom stereocenters. The summed E-state index contributed by atoms with van der Waals surface area (Å²) < 4.78 is 17.2. The van der Waals surface area contributed by atoms with E-state index in [0.29, 0.717) is 17.4 Å². The highest BCUT2D eigenvalue weighted by molar-refractivity contribution is 5.91. The number of allylic oxidation sites excluding steroid dienone is 1. The second-order valence-electron chi connectivity index (χ2n) is 14.5. The summed E-state index contributed by atoms with van der Waals surface area (Å²) in [4.78, 5) is 25.5. The fourth-order valence-corrected chi connectivity index (χ4v) is 8.95. The van der Waals surface area contributed by atoms with E-state index in [-0.39, 0.29) is 32.0 Å². The molecule has 1 atom stereocenters. The summed E-state index contributed by atoms with van der Waals surface area (Å²) in [6.07, 6.45) is 13.8. The van der Waals surface area contributed by atoms with Gasteiger partial charge < -0.3 is 19.0 Å². The zero-order chi connectivity index (χ0) is 30.3. The van der Waals surface area contributed by atoms with E-state index < -0.39 is 11.6 Å². The van der Waals surface area contributed by atoms with E-state index in [1.165, 1.54) is 55.2 Å². The molecule has 0 spiro atoms. The Morgan fingerprint density at radius 3 is 2.34 bits per heavy atom. The Bertz CT molecular complexity index is 1530. The third-order valence-electron chi connectivity index (χ3n) is 10.8. The highest BCUT2D eigenvalue weighted by atomic mass is 16.6. The van der Waals surface area contributed by atoms with Gasteiger partial charge in [0.2, 0.25) is 0 Å². The van der Waals surface area contributed by atoms with Crippen molar-refractivity contribution in [2.45, 2.75) is 89.6 Å². The lowest BCUT2D eigenvalue weighted by atomic mass is 9.49. The van der Waals surface area contributed by atoms with Gasteiger partial charge >= 0.3 is 11.9 Å². The van der Waals surface area contributed by atoms with Crippen LogP contribution in [-0.4, -0.2) is 35.9 Å². The largest absolute Gasteiger partial charge is 0.461 e. The minimum absolute atomic E-state index is 0.143. The van der Waals surface area contributed by atoms with E-state index in [9.17, 15) is 14.7 Å². The second kappa shape index (κ2) is 11.8. The number of furan rings is 1. The first kappa shape index (κ1) is 29.3. The molecule has 44 heavy (non-hydrogen) atoms. The first-order chi connectivity index (χ1) is 21.3. The van der Waals surface area contributed by atoms with Crippen LogP contribution in [0.15, 0.2) is 64.6 Å². The number of hydrogen-bond acceptors (Lipinski definition) is 6. The second-order valence-corrected chi connectivity index (χ2v) is 14.5. The molecule has 6 heteroatoms. The zero-order valence-electron chi connectivity index (χ0n) is 25.8. The zero-order valence-corrected chi connectivity index (χ0v) is 25.8. The number of rotatable bonds is 11. The van der Waals surface area contributed by atoms with Crippen molar-refractivity contribution in [3.05, 3.63) is 82.6 Å². The van der Waals surface area contributed by atoms with Crippen molar-refractivity contribution in [2.75, 3.05) is 13.2 Å². The fourth-order valence-electron chi connectivity index (χ4n) is 8.95. The predicted octanol–water partition coefficient (Wildman–Crippen LogP) is 7.21. The SMILES string of the molecule is Cc1ccc(CCc2ccc3oc(CCC(=O)OC[C@]4(CO)C/C(=C\CC56CC7CC(CC(C7)C5)C6)C(=O)O4)cc3c2)cc1. The van der Waals surface area contributed by atoms with Gasteiger partial charge in [0.25, 0.3) is 0 Å². The molecule has 1 aromatic heterocycles. The first-order valence-corrected chi connectivity index (χ1v) is 16.5. The topological polar surface area (TPSA) is 86.0 Å². The summed E-state index contributed by atoms with van der Waals surface area (Å²) in [5.41, 5.74) is 4.39. The number of carbonyl (C=O) groups excluding carboxylic acids is 2. The molecule has 0 radical (unpaired) electrons. The molecule has 2 heterocycles. The normalized spacial score (nSPS) is 29.9. The number of fused-ring (bicyclic) bond motifs is 1. The van der Waals surface area contributed by atoms with Gasteiger partial charge in [-0.05, 0) is 117 Å². The molecule has 232 valence electrons. The van der Waals surface area contributed by atoms with E-state index in [0.717, 1.165) is 53.7 Å². The molecule has 4 aliphatic carbocycles. The van der Waals surface area contributed by atoms with Gasteiger partial charge in [0.05, 0.1) is 13.0 Å². The van der Waals surface area contributed by atoms with Crippen molar-refractivity contribution in [2.24, 2.45) is 23.2 Å². The van der Waals surface area contributed by atoms with Crippen molar-refractivity contribution in [3.8, 4) is 0 Å². The number of aryl methyl sites for hydroxylation is 4. The van der Waals surface area contributed by atoms with Crippen molar-refractivity contribution in [1.29, 1.82) is 0 Å². The molecule has 4 bridgehead atoms. The maximum absolute atomic E-state index is 12.8. The van der Waals surface area contributed by atoms with Gasteiger partial charge in [0, 0.05) is 23.8 Å². The maximum atomic E-state index is 12.8. The number of ether oxygens (including phenoxy) is 2. The molecule has 1 saturated heterocycles. The van der Waals surface area contributed by atoms with E-state index in [1.807, 2.05) is 12.1 Å². The van der Waals surface area contributed by atoms with Crippen molar-refractivity contribution in [1.82, 2.24) is 0 Å². The number of aliphatic hydroxyl groups is 1. The third-order valence-corrected chi connectivity index (χ3v) is 10.8. The van der Waals surface area contributed by atoms with Crippen LogP contribution in [0, 0.1) is 30.1 Å². The summed E-state index contributed by atoms with van der Waals surface area (Å²) in [5, 5.41) is 11.2. The Hall–Kier alpha value is -3.38. The number of hydrogen-bond donors (Lipinski definition) is 1. The molecule has 3 aromatic rings. The molecule has 2 aromatic carbocycles. The third kappa shape index (κ3) is 6.24. The summed E-state index contributed by atoms with van der Waals surface area (Å²) >= 11 is 0. The summed E-state index contributed by atoms with van der Waals surface area (Å²) in [5.74, 6) is 2.51. The highest BCUT2D eigenvalue weighted by Crippen LogP contribution is 2.61. The smallest absolute Gasteiger partial charge is 0.334 e. The van der Waals surface area contributed by atoms with Gasteiger partial charge in [0.1, 0.15) is 18.0 Å². The minimum Gasteiger partial charge on any atom is -0.461 e. The van der Waals surface area contributed by atoms with Crippen LogP contribution in [-0.2, 0) is 38.3 Å². The number of cyclic esters (lactones) is 1. The molecule has 6 nitrogen and oxygen atoms in total. The summed E-state index contributed by atoms with van der Waals surface area (Å²) in [6.45, 7) is 1.58. The minimum atomic E-state index is -1.20. The molecule has 5 fully saturated rings. The average Bonchev–Trinajstić information content (AvgIpc) is 3.57. The van der Waals surface area contributed by atoms with Crippen LogP contribution >= 0.6 is 0 Å². The van der Waals surface area contributed by atoms with Crippen molar-refractivity contribution in [3.63, 3.8) is 0 Å². The van der Waals surface area contributed by atoms with Gasteiger partial charge in [-0.3, -0.25) is 4.79 Å². The van der Waals surface area contributed by atoms with Gasteiger partial charge in [-0.1, -0.05) is 42.0 Å². The van der Waals surface area contributed by atoms with E-state index >= 15 is 0 Å². The quantitative estimate of drug-likeness (QED) is 0.186. The van der Waals surface area contributed by atoms with Gasteiger partial charge in [-0.2, -0.15) is 0 Å². The fraction of sp³-hybridized carbons (Fsp3) is 0.526. The van der Waals surface area contributed by atoms with Crippen molar-refractivity contribution < 1.29 is 28.6 Å². The van der Waals surface area contributed by atoms with E-state index in [4.69, 9.17) is 13.9 Å². The lowest BCUT2D eigenvalue weighted by molar-refractivity contribution is -0.166. The van der Waals surface area contributed by atoms with Crippen LogP contribution in [0.2, 0.25) is 0 Å². The summed E-state index contributed by atoms with van der Waals surface area (Å²) in [6, 6.07) is 16.9. The molecule has 8 rings (SSSR count). The standard InChI is InChI=1S/C38H44O6/c1-25-2-4-26(5-3-25)6-7-27-8-10-34-32(17-27)18-33(43-34)9-11-35(40)42-24-38(23-39)22-31(36(41)44-38)12-13-37-19-28-14-29(20-37)16-30(15-28)21-37/h2-5,8,10,12,17-18,28-30,39H,6-7,9,11,13-16,19-24H2,1H3/b31-12+/t28?,29?,30?,37?,38-/m1/s1. The van der Waals surface area contributed by atoms with E-state index in [1.54, 1.807) is 0 Å². The average molecular weight is 597 g/mol. The molecular formula is C38H44O6. The molecule has 5 aliphatic rings. The van der Waals surface area contributed by atoms with Gasteiger partial charge in [-0.25, -0.2) is 4.79 Å². The van der Waals surface area contributed by atoms with Crippen LogP contribution in [0.5, 0.6) is 0 Å². The van der Waals surface area contributed by atoms with Gasteiger partial charge in [0.15, 0.2) is 5.60 Å². The number of aliphatic hydroxyl groups excluding tert-OH is 1. The first-order valence-electron chi connectivity index (χ1n) is 16.5. The monoisotopic (exact) mass is 596 g/mol. The molecular weight excluding hydrogens is 552 g/mol. The number of benzene rings is 2. The van der Waals surface area contributed by atoms with Crippen LogP contribution in [0.4, 0.5) is 0 Å². The van der Waals surface area contributed by atoms with Crippen molar-refractivity contribution >= 4 is 22.9 Å². The van der Waals surface area contributed by atoms with Crippen LogP contribution in [0.3, 0.4) is 0 Å².